The van der Waals surface area contributed by atoms with E-state index in [9.17, 15) is 10.0 Å². The van der Waals surface area contributed by atoms with E-state index in [2.05, 4.69) is 90.6 Å². The Bertz CT molecular complexity index is 1560. The van der Waals surface area contributed by atoms with Gasteiger partial charge in [0, 0.05) is 26.2 Å². The smallest absolute Gasteiger partial charge is 0.423 e. The van der Waals surface area contributed by atoms with Crippen LogP contribution in [0.25, 0.3) is 21.5 Å². The Balaban J connectivity index is 1.50. The van der Waals surface area contributed by atoms with Crippen molar-refractivity contribution in [2.75, 3.05) is 14.1 Å². The first-order valence-corrected chi connectivity index (χ1v) is 14.2. The van der Waals surface area contributed by atoms with Crippen molar-refractivity contribution < 1.29 is 13.0 Å². The summed E-state index contributed by atoms with van der Waals surface area (Å²) >= 11 is 1.91. The third-order valence-electron chi connectivity index (χ3n) is 7.45. The van der Waals surface area contributed by atoms with Crippen molar-refractivity contribution in [2.24, 2.45) is 0 Å². The molecule has 0 saturated carbocycles. The summed E-state index contributed by atoms with van der Waals surface area (Å²) in [6.07, 6.45) is 0. The van der Waals surface area contributed by atoms with Gasteiger partial charge in [-0.3, -0.25) is 9.80 Å². The Hall–Kier alpha value is -2.72. The van der Waals surface area contributed by atoms with Gasteiger partial charge in [0.05, 0.1) is 23.0 Å². The van der Waals surface area contributed by atoms with Crippen molar-refractivity contribution in [1.29, 1.82) is 0 Å². The summed E-state index contributed by atoms with van der Waals surface area (Å²) in [5.41, 5.74) is 6.37. The minimum atomic E-state index is -1.48. The maximum absolute atomic E-state index is 9.85. The van der Waals surface area contributed by atoms with Gasteiger partial charge >= 0.3 is 14.6 Å². The predicted molar refractivity (Wildman–Crippen MR) is 175 cm³/mol. The summed E-state index contributed by atoms with van der Waals surface area (Å²) in [7, 11) is 4.56. The lowest BCUT2D eigenvalue weighted by Gasteiger charge is -2.25. The van der Waals surface area contributed by atoms with Crippen LogP contribution < -0.4 is 10.9 Å². The van der Waals surface area contributed by atoms with Crippen molar-refractivity contribution >= 4 is 70.1 Å². The van der Waals surface area contributed by atoms with Crippen LogP contribution in [0.15, 0.2) is 97.1 Å². The van der Waals surface area contributed by atoms with Gasteiger partial charge in [0.1, 0.15) is 0 Å². The summed E-state index contributed by atoms with van der Waals surface area (Å²) < 4.78 is 5.28. The van der Waals surface area contributed by atoms with Crippen molar-refractivity contribution in [2.45, 2.75) is 26.2 Å². The molecule has 5 aromatic carbocycles. The Kier molecular flexibility index (Phi) is 9.57. The first-order chi connectivity index (χ1) is 19.5. The van der Waals surface area contributed by atoms with Gasteiger partial charge in [-0.2, -0.15) is 0 Å². The van der Waals surface area contributed by atoms with Crippen LogP contribution in [0.4, 0.5) is 0 Å². The molecule has 5 nitrogen and oxygen atoms in total. The highest BCUT2D eigenvalue weighted by molar-refractivity contribution is 14.1. The molecular weight excluding hydrogens is 609 g/mol. The van der Waals surface area contributed by atoms with Gasteiger partial charge in [-0.25, -0.2) is 0 Å². The highest BCUT2D eigenvalue weighted by atomic mass is 127. The first-order valence-electron chi connectivity index (χ1n) is 13.4. The van der Waals surface area contributed by atoms with Crippen LogP contribution in [0.2, 0.25) is 0 Å². The molecule has 0 saturated heterocycles. The third-order valence-corrected chi connectivity index (χ3v) is 7.71. The Morgan fingerprint density at radius 2 is 1.05 bits per heavy atom. The second-order valence-electron chi connectivity index (χ2n) is 10.4. The minimum absolute atomic E-state index is 0.548. The number of hydrogen-bond donors (Lipinski definition) is 2. The predicted octanol–water partition coefficient (Wildman–Crippen LogP) is 4.55. The molecule has 0 amide bonds. The maximum atomic E-state index is 9.85. The third kappa shape index (κ3) is 6.43. The topological polar surface area (TPSA) is 56.2 Å². The van der Waals surface area contributed by atoms with Crippen LogP contribution >= 0.6 is 23.0 Å². The lowest BCUT2D eigenvalue weighted by molar-refractivity contribution is 0.320. The Labute approximate surface area is 251 Å². The summed E-state index contributed by atoms with van der Waals surface area (Å²) in [6.45, 7) is 2.94. The zero-order chi connectivity index (χ0) is 28.1. The molecule has 0 atom stereocenters. The van der Waals surface area contributed by atoms with Gasteiger partial charge in [0.15, 0.2) is 0 Å². The fraction of sp³-hybridized carbons (Fsp3) is 0.188. The maximum Gasteiger partial charge on any atom is 0.488 e. The van der Waals surface area contributed by atoms with Crippen molar-refractivity contribution in [3.05, 3.63) is 119 Å². The Morgan fingerprint density at radius 3 is 1.55 bits per heavy atom. The number of hydrogen-bond acceptors (Lipinski definition) is 5. The fourth-order valence-corrected chi connectivity index (χ4v) is 5.93. The molecule has 0 bridgehead atoms. The van der Waals surface area contributed by atoms with Gasteiger partial charge in [-0.15, -0.1) is 0 Å². The molecule has 1 radical (unpaired) electrons. The molecule has 0 fully saturated rings. The molecule has 5 aromatic rings. The van der Waals surface area contributed by atoms with Crippen LogP contribution in [-0.2, 0) is 29.2 Å². The molecule has 40 heavy (non-hydrogen) atoms. The number of benzene rings is 5. The Morgan fingerprint density at radius 1 is 0.625 bits per heavy atom. The highest BCUT2D eigenvalue weighted by Crippen LogP contribution is 2.34. The van der Waals surface area contributed by atoms with E-state index in [0.717, 1.165) is 30.7 Å². The second-order valence-corrected chi connectivity index (χ2v) is 10.9. The van der Waals surface area contributed by atoms with Gasteiger partial charge in [0.2, 0.25) is 0 Å². The zero-order valence-electron chi connectivity index (χ0n) is 22.8. The molecule has 0 unspecified atom stereocenters. The molecule has 0 heterocycles. The molecule has 201 valence electrons. The van der Waals surface area contributed by atoms with Crippen molar-refractivity contribution in [3.8, 4) is 0 Å². The molecular formula is C32H32B2IN2O3. The lowest BCUT2D eigenvalue weighted by atomic mass is 9.77. The van der Waals surface area contributed by atoms with Gasteiger partial charge < -0.3 is 13.0 Å². The van der Waals surface area contributed by atoms with Crippen LogP contribution in [0.1, 0.15) is 22.3 Å². The van der Waals surface area contributed by atoms with Crippen LogP contribution in [-0.4, -0.2) is 48.5 Å². The first kappa shape index (κ1) is 28.8. The molecule has 0 aliphatic carbocycles. The van der Waals surface area contributed by atoms with E-state index in [0.29, 0.717) is 12.0 Å². The van der Waals surface area contributed by atoms with E-state index < -0.39 is 7.12 Å². The van der Waals surface area contributed by atoms with Gasteiger partial charge in [0.25, 0.3) is 0 Å². The van der Waals surface area contributed by atoms with E-state index in [-0.39, 0.29) is 0 Å². The number of rotatable bonds is 11. The average molecular weight is 641 g/mol. The van der Waals surface area contributed by atoms with E-state index in [1.807, 2.05) is 47.3 Å². The highest BCUT2D eigenvalue weighted by Gasteiger charge is 2.19. The van der Waals surface area contributed by atoms with Gasteiger partial charge in [-0.1, -0.05) is 97.1 Å². The van der Waals surface area contributed by atoms with Crippen LogP contribution in [0, 0.1) is 0 Å². The monoisotopic (exact) mass is 641 g/mol. The summed E-state index contributed by atoms with van der Waals surface area (Å²) in [5, 5.41) is 24.7. The summed E-state index contributed by atoms with van der Waals surface area (Å²) in [4.78, 5) is 4.60. The number of fused-ring (bicyclic) bond motifs is 2. The SMILES string of the molecule is CN(Cc1ccccc1[B]OI)Cc1c2ccccc2c(CN(C)Cc2ccccc2B(O)O)c2ccccc12. The van der Waals surface area contributed by atoms with Crippen molar-refractivity contribution in [1.82, 2.24) is 9.80 Å². The van der Waals surface area contributed by atoms with E-state index >= 15 is 0 Å². The zero-order valence-corrected chi connectivity index (χ0v) is 25.0. The number of nitrogens with zero attached hydrogens (tertiary/aromatic N) is 2. The van der Waals surface area contributed by atoms with E-state index in [1.165, 1.54) is 38.2 Å². The average Bonchev–Trinajstić information content (AvgIpc) is 2.96. The molecule has 0 aliphatic rings. The molecule has 5 rings (SSSR count). The molecule has 0 aliphatic heterocycles. The van der Waals surface area contributed by atoms with Crippen LogP contribution in [0.5, 0.6) is 0 Å². The standard InChI is InChI=1S/C32H32B2IN2O3/c1-36(19-23-11-3-9-17-31(23)33-40-35)21-29-25-13-5-7-15-27(25)30(28-16-8-6-14-26(28)29)22-37(2)20-24-12-4-10-18-32(24)34(38)39/h3-18,38-39H,19-22H2,1-2H3. The summed E-state index contributed by atoms with van der Waals surface area (Å²) in [5.74, 6) is 0. The quantitative estimate of drug-likeness (QED) is 0.126. The summed E-state index contributed by atoms with van der Waals surface area (Å²) in [6, 6.07) is 33.2. The molecule has 0 spiro atoms. The second kappa shape index (κ2) is 13.3. The van der Waals surface area contributed by atoms with E-state index in [4.69, 9.17) is 2.98 Å². The lowest BCUT2D eigenvalue weighted by Crippen LogP contribution is -2.35. The van der Waals surface area contributed by atoms with E-state index in [1.54, 1.807) is 13.5 Å². The minimum Gasteiger partial charge on any atom is -0.423 e. The molecule has 8 heteroatoms. The molecule has 0 aromatic heterocycles. The molecule has 2 N–H and O–H groups in total. The normalized spacial score (nSPS) is 11.6. The van der Waals surface area contributed by atoms with Gasteiger partial charge in [-0.05, 0) is 68.8 Å². The van der Waals surface area contributed by atoms with Crippen LogP contribution in [0.3, 0.4) is 0 Å². The fourth-order valence-electron chi connectivity index (χ4n) is 5.65. The largest absolute Gasteiger partial charge is 0.488 e. The number of halogens is 1. The van der Waals surface area contributed by atoms with Crippen molar-refractivity contribution in [3.63, 3.8) is 0 Å².